The molecule has 3 atom stereocenters. The minimum Gasteiger partial charge on any atom is -0.515 e. The predicted octanol–water partition coefficient (Wildman–Crippen LogP) is 5.14. The number of carbonyl (C=O) groups is 3. The van der Waals surface area contributed by atoms with Crippen molar-refractivity contribution in [1.82, 2.24) is 5.32 Å². The number of rotatable bonds is 7. The van der Waals surface area contributed by atoms with Gasteiger partial charge in [-0.15, -0.1) is 0 Å². The zero-order valence-electron chi connectivity index (χ0n) is 28.1. The Kier molecular flexibility index (Phi) is 8.28. The van der Waals surface area contributed by atoms with Gasteiger partial charge in [0.15, 0.2) is 0 Å². The van der Waals surface area contributed by atoms with Crippen molar-refractivity contribution in [2.24, 2.45) is 26.8 Å². The molecule has 1 saturated heterocycles. The van der Waals surface area contributed by atoms with Gasteiger partial charge >= 0.3 is 11.9 Å². The molecule has 6 aliphatic rings. The van der Waals surface area contributed by atoms with E-state index >= 15 is 0 Å². The minimum absolute atomic E-state index is 0.102. The number of ketones is 1. The van der Waals surface area contributed by atoms with E-state index in [0.717, 1.165) is 28.7 Å². The number of hydrogen-bond acceptors (Lipinski definition) is 11. The lowest BCUT2D eigenvalue weighted by atomic mass is 9.83. The summed E-state index contributed by atoms with van der Waals surface area (Å²) < 4.78 is 16.1. The highest BCUT2D eigenvalue weighted by molar-refractivity contribution is 6.46. The van der Waals surface area contributed by atoms with E-state index in [4.69, 9.17) is 29.2 Å². The maximum atomic E-state index is 14.5. The van der Waals surface area contributed by atoms with Gasteiger partial charge in [0.1, 0.15) is 0 Å². The molecular weight excluding hydrogens is 612 g/mol. The number of nitrogens with one attached hydrogen (secondary N) is 1. The van der Waals surface area contributed by atoms with Crippen molar-refractivity contribution >= 4 is 34.9 Å². The smallest absolute Gasteiger partial charge is 0.351 e. The number of aliphatic hydroxyl groups is 1. The summed E-state index contributed by atoms with van der Waals surface area (Å²) in [6.45, 7) is 11.7. The topological polar surface area (TPSA) is 148 Å². The Morgan fingerprint density at radius 1 is 1.04 bits per heavy atom. The van der Waals surface area contributed by atoms with Gasteiger partial charge in [0, 0.05) is 53.5 Å². The van der Waals surface area contributed by atoms with Crippen LogP contribution in [0.25, 0.3) is 0 Å². The molecule has 0 amide bonds. The molecule has 0 aromatic heterocycles. The molecule has 48 heavy (non-hydrogen) atoms. The molecule has 2 N–H and O–H groups in total. The van der Waals surface area contributed by atoms with Gasteiger partial charge in [-0.05, 0) is 61.6 Å². The number of aliphatic hydroxyl groups excluding tert-OH is 1. The average Bonchev–Trinajstić information content (AvgIpc) is 3.82. The van der Waals surface area contributed by atoms with Gasteiger partial charge in [-0.1, -0.05) is 26.5 Å². The largest absolute Gasteiger partial charge is 0.515 e. The summed E-state index contributed by atoms with van der Waals surface area (Å²) in [7, 11) is 3.85. The average molecular weight is 651 g/mol. The predicted molar refractivity (Wildman–Crippen MR) is 181 cm³/mol. The highest BCUT2D eigenvalue weighted by atomic mass is 16.6. The summed E-state index contributed by atoms with van der Waals surface area (Å²) in [5, 5.41) is 13.9. The van der Waals surface area contributed by atoms with Gasteiger partial charge < -0.3 is 24.6 Å². The molecule has 0 radical (unpaired) electrons. The van der Waals surface area contributed by atoms with Crippen molar-refractivity contribution in [2.75, 3.05) is 21.3 Å². The molecule has 5 aliphatic heterocycles. The van der Waals surface area contributed by atoms with E-state index in [9.17, 15) is 19.5 Å². The van der Waals surface area contributed by atoms with Crippen LogP contribution in [0, 0.1) is 11.8 Å². The number of Topliss-reactive ketones (excluding diaryl/α,β-unsaturated/α-hetero) is 1. The Bertz CT molecular complexity index is 1960. The third kappa shape index (κ3) is 4.59. The molecule has 8 bridgehead atoms. The van der Waals surface area contributed by atoms with Crippen molar-refractivity contribution in [3.05, 3.63) is 105 Å². The van der Waals surface area contributed by atoms with Gasteiger partial charge in [-0.2, -0.15) is 0 Å². The summed E-state index contributed by atoms with van der Waals surface area (Å²) in [5.74, 6) is -2.42. The number of allylic oxidation sites excluding steroid dienone is 10. The van der Waals surface area contributed by atoms with Crippen LogP contribution in [-0.2, 0) is 28.6 Å². The zero-order valence-corrected chi connectivity index (χ0v) is 28.1. The maximum absolute atomic E-state index is 14.5. The first-order chi connectivity index (χ1) is 23.0. The number of fused-ring (bicyclic) bond motifs is 5. The second-order valence-corrected chi connectivity index (χ2v) is 12.2. The van der Waals surface area contributed by atoms with Crippen LogP contribution in [0.1, 0.15) is 47.0 Å². The molecule has 6 rings (SSSR count). The van der Waals surface area contributed by atoms with Gasteiger partial charge in [0.25, 0.3) is 5.60 Å². The number of hydrogen-bond donors (Lipinski definition) is 2. The number of aliphatic imine (C=N–C) groups is 3. The standard InChI is InChI=1S/C37H38N4O7/c1-9-20-17(3)24-13-25-18(4)22(11-12-30(43)46-6)33(40-25)32-34-31(35(44)37(32,48-8)36(45)47-7)19(5)26(41-34)14-28-21(10-2)23(16-42)29(39-28)15-27(20)38-24/h9,13-16,18,22,40,42H,1,10-12H2,2-8H3/b23-16-,25-13?,26-14?,27-15?,33-32?/t18-,22-,37+/m0/s1. The fourth-order valence-electron chi connectivity index (χ4n) is 7.38. The first-order valence-corrected chi connectivity index (χ1v) is 15.8. The van der Waals surface area contributed by atoms with Crippen molar-refractivity contribution in [3.63, 3.8) is 0 Å². The third-order valence-electron chi connectivity index (χ3n) is 10.0. The SMILES string of the molecule is C=CC1=C(C)C2=NC1=CC1=NC(=C(CC)/C1=C/O)C=C1N=C3C(=C1C)C(=O)[C@@](OC)(C(=O)OC)C3=C1NC(=C2)[C@@H](C)[C@@H]1CCC(=O)OC. The Morgan fingerprint density at radius 3 is 2.42 bits per heavy atom. The van der Waals surface area contributed by atoms with E-state index < -0.39 is 17.4 Å². The third-order valence-corrected chi connectivity index (χ3v) is 10.0. The Morgan fingerprint density at radius 2 is 1.79 bits per heavy atom. The van der Waals surface area contributed by atoms with Crippen LogP contribution >= 0.6 is 0 Å². The molecular formula is C37H38N4O7. The van der Waals surface area contributed by atoms with E-state index in [1.54, 1.807) is 19.1 Å². The monoisotopic (exact) mass is 650 g/mol. The Balaban J connectivity index is 1.72. The number of carbonyl (C=O) groups excluding carboxylic acids is 3. The second-order valence-electron chi connectivity index (χ2n) is 12.2. The van der Waals surface area contributed by atoms with Crippen LogP contribution < -0.4 is 5.32 Å². The van der Waals surface area contributed by atoms with Crippen LogP contribution in [0.4, 0.5) is 0 Å². The number of methoxy groups -OCH3 is 3. The molecule has 11 nitrogen and oxygen atoms in total. The van der Waals surface area contributed by atoms with Crippen molar-refractivity contribution in [3.8, 4) is 0 Å². The van der Waals surface area contributed by atoms with Gasteiger partial charge in [-0.25, -0.2) is 19.8 Å². The van der Waals surface area contributed by atoms with E-state index in [0.29, 0.717) is 63.9 Å². The zero-order chi connectivity index (χ0) is 34.7. The molecule has 5 heterocycles. The first kappa shape index (κ1) is 32.8. The Hall–Kier alpha value is -5.16. The van der Waals surface area contributed by atoms with Gasteiger partial charge in [-0.3, -0.25) is 9.59 Å². The summed E-state index contributed by atoms with van der Waals surface area (Å²) in [6, 6.07) is 0. The van der Waals surface area contributed by atoms with Crippen molar-refractivity contribution < 1.29 is 33.7 Å². The minimum atomic E-state index is -2.13. The van der Waals surface area contributed by atoms with Crippen LogP contribution in [0.3, 0.4) is 0 Å². The molecule has 0 spiro atoms. The highest BCUT2D eigenvalue weighted by Gasteiger charge is 2.63. The molecule has 248 valence electrons. The second kappa shape index (κ2) is 12.1. The summed E-state index contributed by atoms with van der Waals surface area (Å²) in [5.41, 5.74) is 6.49. The highest BCUT2D eigenvalue weighted by Crippen LogP contribution is 2.50. The van der Waals surface area contributed by atoms with E-state index in [1.165, 1.54) is 21.3 Å². The van der Waals surface area contributed by atoms with Crippen molar-refractivity contribution in [1.29, 1.82) is 0 Å². The molecule has 1 saturated carbocycles. The lowest BCUT2D eigenvalue weighted by Gasteiger charge is -2.27. The molecule has 0 unspecified atom stereocenters. The fraction of sp³-hybridized carbons (Fsp3) is 0.351. The molecule has 1 aliphatic carbocycles. The van der Waals surface area contributed by atoms with Crippen LogP contribution in [-0.4, -0.2) is 66.9 Å². The van der Waals surface area contributed by atoms with Crippen molar-refractivity contribution in [2.45, 2.75) is 52.6 Å². The summed E-state index contributed by atoms with van der Waals surface area (Å²) in [6.07, 6.45) is 9.37. The van der Waals surface area contributed by atoms with Crippen LogP contribution in [0.2, 0.25) is 0 Å². The number of ether oxygens (including phenoxy) is 3. The van der Waals surface area contributed by atoms with Crippen LogP contribution in [0.15, 0.2) is 120 Å². The maximum Gasteiger partial charge on any atom is 0.351 e. The van der Waals surface area contributed by atoms with E-state index in [-0.39, 0.29) is 35.4 Å². The Labute approximate surface area is 278 Å². The number of nitrogens with zero attached hydrogens (tertiary/aromatic N) is 3. The quantitative estimate of drug-likeness (QED) is 0.219. The molecule has 0 aromatic rings. The van der Waals surface area contributed by atoms with E-state index in [1.807, 2.05) is 32.9 Å². The molecule has 2 fully saturated rings. The van der Waals surface area contributed by atoms with E-state index in [2.05, 4.69) is 11.9 Å². The lowest BCUT2D eigenvalue weighted by molar-refractivity contribution is -0.164. The van der Waals surface area contributed by atoms with Gasteiger partial charge in [0.05, 0.1) is 60.3 Å². The lowest BCUT2D eigenvalue weighted by Crippen LogP contribution is -2.49. The first-order valence-electron chi connectivity index (χ1n) is 15.8. The number of esters is 2. The normalized spacial score (nSPS) is 26.8. The summed E-state index contributed by atoms with van der Waals surface area (Å²) >= 11 is 0. The fourth-order valence-corrected chi connectivity index (χ4v) is 7.38. The van der Waals surface area contributed by atoms with Gasteiger partial charge in [0.2, 0.25) is 5.78 Å². The molecule has 0 aromatic carbocycles. The molecule has 11 heteroatoms. The van der Waals surface area contributed by atoms with Crippen LogP contribution in [0.5, 0.6) is 0 Å². The summed E-state index contributed by atoms with van der Waals surface area (Å²) in [4.78, 5) is 55.4.